The van der Waals surface area contributed by atoms with E-state index < -0.39 is 0 Å². The summed E-state index contributed by atoms with van der Waals surface area (Å²) in [6, 6.07) is 32.4. The van der Waals surface area contributed by atoms with Crippen LogP contribution in [-0.4, -0.2) is 15.5 Å². The molecular weight excluding hydrogens is 332 g/mol. The third kappa shape index (κ3) is 4.12. The molecule has 132 valence electrons. The Morgan fingerprint density at radius 1 is 0.778 bits per heavy atom. The summed E-state index contributed by atoms with van der Waals surface area (Å²) in [7, 11) is 0. The average Bonchev–Trinajstić information content (AvgIpc) is 3.21. The molecule has 0 aliphatic heterocycles. The fourth-order valence-electron chi connectivity index (χ4n) is 2.92. The lowest BCUT2D eigenvalue weighted by Crippen LogP contribution is -2.12. The first kappa shape index (κ1) is 16.8. The number of anilines is 1. The van der Waals surface area contributed by atoms with Gasteiger partial charge in [0.25, 0.3) is 0 Å². The summed E-state index contributed by atoms with van der Waals surface area (Å²) < 4.78 is 1.96. The van der Waals surface area contributed by atoms with Gasteiger partial charge in [0.15, 0.2) is 0 Å². The number of hydrogen-bond acceptors (Lipinski definition) is 3. The van der Waals surface area contributed by atoms with Crippen molar-refractivity contribution in [3.63, 3.8) is 0 Å². The molecule has 3 aromatic carbocycles. The molecule has 1 heterocycles. The van der Waals surface area contributed by atoms with Gasteiger partial charge in [0, 0.05) is 12.6 Å². The number of para-hydroxylation sites is 2. The average molecular weight is 352 g/mol. The molecule has 4 nitrogen and oxygen atoms in total. The number of benzene rings is 3. The zero-order valence-electron chi connectivity index (χ0n) is 14.9. The SMILES string of the molecule is c1ccc(N/N=C(/Cc2ccnn2-c2ccccc2)c2ccccc2)cc1. The Bertz CT molecular complexity index is 1010. The number of hydrazone groups is 1. The smallest absolute Gasteiger partial charge is 0.0738 e. The highest BCUT2D eigenvalue weighted by atomic mass is 15.3. The minimum absolute atomic E-state index is 0.665. The molecule has 0 saturated heterocycles. The first-order valence-electron chi connectivity index (χ1n) is 8.91. The van der Waals surface area contributed by atoms with E-state index in [0.717, 1.165) is 28.3 Å². The van der Waals surface area contributed by atoms with Crippen LogP contribution in [0.15, 0.2) is 108 Å². The van der Waals surface area contributed by atoms with Gasteiger partial charge in [-0.2, -0.15) is 10.2 Å². The molecule has 0 fully saturated rings. The van der Waals surface area contributed by atoms with Crippen molar-refractivity contribution >= 4 is 11.4 Å². The number of nitrogens with one attached hydrogen (secondary N) is 1. The number of aromatic nitrogens is 2. The Hall–Kier alpha value is -3.66. The fraction of sp³-hybridized carbons (Fsp3) is 0.0435. The first-order chi connectivity index (χ1) is 13.4. The Labute approximate surface area is 158 Å². The van der Waals surface area contributed by atoms with E-state index in [-0.39, 0.29) is 0 Å². The molecule has 4 rings (SSSR count). The van der Waals surface area contributed by atoms with Crippen molar-refractivity contribution < 1.29 is 0 Å². The van der Waals surface area contributed by atoms with Crippen molar-refractivity contribution in [2.75, 3.05) is 5.43 Å². The monoisotopic (exact) mass is 352 g/mol. The molecule has 4 heteroatoms. The summed E-state index contributed by atoms with van der Waals surface area (Å²) in [6.45, 7) is 0. The van der Waals surface area contributed by atoms with Crippen molar-refractivity contribution in [1.82, 2.24) is 9.78 Å². The molecule has 4 aromatic rings. The zero-order chi connectivity index (χ0) is 18.3. The molecular formula is C23H20N4. The van der Waals surface area contributed by atoms with E-state index >= 15 is 0 Å². The summed E-state index contributed by atoms with van der Waals surface area (Å²) in [5, 5.41) is 9.19. The number of nitrogens with zero attached hydrogens (tertiary/aromatic N) is 3. The molecule has 0 saturated carbocycles. The summed E-state index contributed by atoms with van der Waals surface area (Å²) in [4.78, 5) is 0. The highest BCUT2D eigenvalue weighted by molar-refractivity contribution is 6.02. The molecule has 0 aliphatic rings. The Balaban J connectivity index is 1.66. The molecule has 0 unspecified atom stereocenters. The molecule has 0 aliphatic carbocycles. The van der Waals surface area contributed by atoms with Gasteiger partial charge in [-0.3, -0.25) is 5.43 Å². The van der Waals surface area contributed by atoms with Gasteiger partial charge in [0.1, 0.15) is 0 Å². The minimum atomic E-state index is 0.665. The van der Waals surface area contributed by atoms with Crippen LogP contribution in [0.25, 0.3) is 5.69 Å². The van der Waals surface area contributed by atoms with Crippen molar-refractivity contribution in [1.29, 1.82) is 0 Å². The number of rotatable bonds is 6. The van der Waals surface area contributed by atoms with Crippen LogP contribution in [0.1, 0.15) is 11.3 Å². The second kappa shape index (κ2) is 8.15. The van der Waals surface area contributed by atoms with Crippen LogP contribution in [-0.2, 0) is 6.42 Å². The van der Waals surface area contributed by atoms with Gasteiger partial charge in [-0.25, -0.2) is 4.68 Å². The third-order valence-electron chi connectivity index (χ3n) is 4.27. The second-order valence-electron chi connectivity index (χ2n) is 6.15. The predicted molar refractivity (Wildman–Crippen MR) is 110 cm³/mol. The Morgan fingerprint density at radius 2 is 1.41 bits per heavy atom. The van der Waals surface area contributed by atoms with Gasteiger partial charge in [-0.1, -0.05) is 66.7 Å². The van der Waals surface area contributed by atoms with E-state index in [1.54, 1.807) is 0 Å². The van der Waals surface area contributed by atoms with Gasteiger partial charge in [-0.05, 0) is 35.9 Å². The summed E-state index contributed by atoms with van der Waals surface area (Å²) >= 11 is 0. The van der Waals surface area contributed by atoms with Gasteiger partial charge in [0.2, 0.25) is 0 Å². The van der Waals surface area contributed by atoms with E-state index in [1.807, 2.05) is 83.7 Å². The van der Waals surface area contributed by atoms with E-state index in [0.29, 0.717) is 6.42 Å². The maximum Gasteiger partial charge on any atom is 0.0738 e. The van der Waals surface area contributed by atoms with Crippen LogP contribution in [0.2, 0.25) is 0 Å². The Morgan fingerprint density at radius 3 is 2.11 bits per heavy atom. The lowest BCUT2D eigenvalue weighted by Gasteiger charge is -2.11. The summed E-state index contributed by atoms with van der Waals surface area (Å²) in [6.07, 6.45) is 2.49. The molecule has 0 spiro atoms. The Kier molecular flexibility index (Phi) is 5.07. The van der Waals surface area contributed by atoms with Crippen LogP contribution in [0.3, 0.4) is 0 Å². The summed E-state index contributed by atoms with van der Waals surface area (Å²) in [5.41, 5.74) is 8.30. The van der Waals surface area contributed by atoms with E-state index in [9.17, 15) is 0 Å². The largest absolute Gasteiger partial charge is 0.278 e. The molecule has 0 amide bonds. The highest BCUT2D eigenvalue weighted by Crippen LogP contribution is 2.14. The topological polar surface area (TPSA) is 42.2 Å². The second-order valence-corrected chi connectivity index (χ2v) is 6.15. The molecule has 0 bridgehead atoms. The molecule has 27 heavy (non-hydrogen) atoms. The van der Waals surface area contributed by atoms with Crippen molar-refractivity contribution in [3.8, 4) is 5.69 Å². The minimum Gasteiger partial charge on any atom is -0.278 e. The first-order valence-corrected chi connectivity index (χ1v) is 8.91. The lowest BCUT2D eigenvalue weighted by atomic mass is 10.1. The van der Waals surface area contributed by atoms with Crippen molar-refractivity contribution in [2.24, 2.45) is 5.10 Å². The number of hydrogen-bond donors (Lipinski definition) is 1. The van der Waals surface area contributed by atoms with E-state index in [2.05, 4.69) is 34.8 Å². The zero-order valence-corrected chi connectivity index (χ0v) is 14.9. The van der Waals surface area contributed by atoms with Gasteiger partial charge in [-0.15, -0.1) is 0 Å². The fourth-order valence-corrected chi connectivity index (χ4v) is 2.92. The van der Waals surface area contributed by atoms with E-state index in [1.165, 1.54) is 0 Å². The van der Waals surface area contributed by atoms with Crippen molar-refractivity contribution in [2.45, 2.75) is 6.42 Å². The maximum atomic E-state index is 4.70. The van der Waals surface area contributed by atoms with E-state index in [4.69, 9.17) is 5.10 Å². The standard InChI is InChI=1S/C23H20N4/c1-4-10-19(11-5-1)23(26-25-20-12-6-2-7-13-20)18-22-16-17-24-27(22)21-14-8-3-9-15-21/h1-17,25H,18H2/b26-23-. The third-order valence-corrected chi connectivity index (χ3v) is 4.27. The van der Waals surface area contributed by atoms with Gasteiger partial charge >= 0.3 is 0 Å². The maximum absolute atomic E-state index is 4.70. The van der Waals surface area contributed by atoms with Crippen LogP contribution in [0.5, 0.6) is 0 Å². The van der Waals surface area contributed by atoms with Crippen LogP contribution >= 0.6 is 0 Å². The van der Waals surface area contributed by atoms with Gasteiger partial charge in [0.05, 0.1) is 22.8 Å². The normalized spacial score (nSPS) is 11.3. The molecule has 1 N–H and O–H groups in total. The quantitative estimate of drug-likeness (QED) is 0.395. The van der Waals surface area contributed by atoms with Crippen LogP contribution in [0, 0.1) is 0 Å². The van der Waals surface area contributed by atoms with Crippen LogP contribution < -0.4 is 5.43 Å². The lowest BCUT2D eigenvalue weighted by molar-refractivity contribution is 0.835. The highest BCUT2D eigenvalue weighted by Gasteiger charge is 2.11. The molecule has 0 radical (unpaired) electrons. The van der Waals surface area contributed by atoms with Crippen LogP contribution in [0.4, 0.5) is 5.69 Å². The molecule has 0 atom stereocenters. The predicted octanol–water partition coefficient (Wildman–Crippen LogP) is 4.93. The summed E-state index contributed by atoms with van der Waals surface area (Å²) in [5.74, 6) is 0. The molecule has 1 aromatic heterocycles. The van der Waals surface area contributed by atoms with Crippen molar-refractivity contribution in [3.05, 3.63) is 115 Å². The van der Waals surface area contributed by atoms with Gasteiger partial charge < -0.3 is 0 Å².